The van der Waals surface area contributed by atoms with Crippen molar-refractivity contribution in [3.05, 3.63) is 29.8 Å². The van der Waals surface area contributed by atoms with Crippen molar-refractivity contribution in [1.82, 2.24) is 0 Å². The monoisotopic (exact) mass is 244 g/mol. The Morgan fingerprint density at radius 1 is 1.46 bits per heavy atom. The molecule has 0 atom stereocenters. The van der Waals surface area contributed by atoms with Crippen LogP contribution in [0.2, 0.25) is 0 Å². The summed E-state index contributed by atoms with van der Waals surface area (Å²) in [6, 6.07) is 7.26. The molecule has 1 aromatic carbocycles. The fourth-order valence-electron chi connectivity index (χ4n) is 0.845. The van der Waals surface area contributed by atoms with Crippen molar-refractivity contribution in [2.45, 2.75) is 5.33 Å². The molecule has 0 saturated carbocycles. The largest absolute Gasteiger partial charge is 0.513 e. The van der Waals surface area contributed by atoms with E-state index in [2.05, 4.69) is 20.7 Å². The van der Waals surface area contributed by atoms with E-state index in [-0.39, 0.29) is 0 Å². The number of carbonyl (C=O) groups excluding carboxylic acids is 1. The highest BCUT2D eigenvalue weighted by atomic mass is 79.9. The minimum absolute atomic E-state index is 0.520. The first-order chi connectivity index (χ1) is 6.27. The van der Waals surface area contributed by atoms with Crippen LogP contribution in [0, 0.1) is 0 Å². The molecule has 0 fully saturated rings. The number of halogens is 1. The highest BCUT2D eigenvalue weighted by molar-refractivity contribution is 9.08. The molecule has 4 heteroatoms. The van der Waals surface area contributed by atoms with Gasteiger partial charge in [0.05, 0.1) is 7.11 Å². The highest BCUT2D eigenvalue weighted by Gasteiger charge is 2.06. The van der Waals surface area contributed by atoms with E-state index in [1.54, 1.807) is 12.1 Å². The first kappa shape index (κ1) is 10.1. The standard InChI is InChI=1S/C9H9BrO3/c1-12-9(11)13-8-5-3-2-4-7(8)6-10/h2-5H,6H2,1H3. The number of ether oxygens (including phenoxy) is 2. The summed E-state index contributed by atoms with van der Waals surface area (Å²) in [4.78, 5) is 10.8. The van der Waals surface area contributed by atoms with Crippen LogP contribution in [0.25, 0.3) is 0 Å². The maximum atomic E-state index is 10.8. The zero-order valence-electron chi connectivity index (χ0n) is 7.12. The molecule has 1 rings (SSSR count). The smallest absolute Gasteiger partial charge is 0.437 e. The van der Waals surface area contributed by atoms with Gasteiger partial charge in [-0.25, -0.2) is 4.79 Å². The molecule has 0 saturated heterocycles. The van der Waals surface area contributed by atoms with Gasteiger partial charge in [-0.2, -0.15) is 0 Å². The van der Waals surface area contributed by atoms with Crippen LogP contribution in [0.15, 0.2) is 24.3 Å². The number of hydrogen-bond donors (Lipinski definition) is 0. The summed E-state index contributed by atoms with van der Waals surface area (Å²) in [5, 5.41) is 0.639. The second-order valence-electron chi connectivity index (χ2n) is 2.30. The molecule has 0 aliphatic rings. The van der Waals surface area contributed by atoms with Crippen molar-refractivity contribution in [2.75, 3.05) is 7.11 Å². The Kier molecular flexibility index (Phi) is 3.76. The van der Waals surface area contributed by atoms with Crippen molar-refractivity contribution in [1.29, 1.82) is 0 Å². The summed E-state index contributed by atoms with van der Waals surface area (Å²) >= 11 is 3.29. The van der Waals surface area contributed by atoms with Gasteiger partial charge in [-0.3, -0.25) is 0 Å². The van der Waals surface area contributed by atoms with Crippen molar-refractivity contribution < 1.29 is 14.3 Å². The van der Waals surface area contributed by atoms with E-state index in [0.717, 1.165) is 5.56 Å². The lowest BCUT2D eigenvalue weighted by Crippen LogP contribution is -2.08. The zero-order chi connectivity index (χ0) is 9.68. The summed E-state index contributed by atoms with van der Waals surface area (Å²) in [7, 11) is 1.28. The molecule has 0 aliphatic heterocycles. The van der Waals surface area contributed by atoms with Crippen LogP contribution in [0.4, 0.5) is 4.79 Å². The van der Waals surface area contributed by atoms with Crippen molar-refractivity contribution in [3.8, 4) is 5.75 Å². The maximum absolute atomic E-state index is 10.8. The predicted molar refractivity (Wildman–Crippen MR) is 52.1 cm³/mol. The molecule has 0 heterocycles. The third-order valence-corrected chi connectivity index (χ3v) is 2.08. The Bertz CT molecular complexity index is 299. The molecule has 0 spiro atoms. The average molecular weight is 245 g/mol. The number of methoxy groups -OCH3 is 1. The molecule has 13 heavy (non-hydrogen) atoms. The normalized spacial score (nSPS) is 9.38. The molecule has 0 N–H and O–H groups in total. The lowest BCUT2D eigenvalue weighted by Gasteiger charge is -2.05. The number of rotatable bonds is 2. The second kappa shape index (κ2) is 4.87. The van der Waals surface area contributed by atoms with Gasteiger partial charge in [-0.15, -0.1) is 0 Å². The Hall–Kier alpha value is -1.03. The van der Waals surface area contributed by atoms with Gasteiger partial charge in [0.1, 0.15) is 5.75 Å². The fraction of sp³-hybridized carbons (Fsp3) is 0.222. The second-order valence-corrected chi connectivity index (χ2v) is 2.86. The van der Waals surface area contributed by atoms with Gasteiger partial charge in [-0.1, -0.05) is 34.1 Å². The van der Waals surface area contributed by atoms with E-state index in [9.17, 15) is 4.79 Å². The molecule has 3 nitrogen and oxygen atoms in total. The first-order valence-corrected chi connectivity index (χ1v) is 4.79. The van der Waals surface area contributed by atoms with Crippen molar-refractivity contribution in [3.63, 3.8) is 0 Å². The predicted octanol–water partition coefficient (Wildman–Crippen LogP) is 2.73. The average Bonchev–Trinajstić information content (AvgIpc) is 2.18. The lowest BCUT2D eigenvalue weighted by atomic mass is 10.2. The fourth-order valence-corrected chi connectivity index (χ4v) is 1.31. The zero-order valence-corrected chi connectivity index (χ0v) is 8.71. The van der Waals surface area contributed by atoms with E-state index in [0.29, 0.717) is 11.1 Å². The van der Waals surface area contributed by atoms with Gasteiger partial charge in [0, 0.05) is 10.9 Å². The molecule has 0 unspecified atom stereocenters. The van der Waals surface area contributed by atoms with E-state index in [1.165, 1.54) is 7.11 Å². The third kappa shape index (κ3) is 2.73. The van der Waals surface area contributed by atoms with Gasteiger partial charge in [-0.05, 0) is 6.07 Å². The van der Waals surface area contributed by atoms with Gasteiger partial charge in [0.2, 0.25) is 0 Å². The topological polar surface area (TPSA) is 35.5 Å². The number of alkyl halides is 1. The molecule has 1 aromatic rings. The Morgan fingerprint density at radius 3 is 2.77 bits per heavy atom. The first-order valence-electron chi connectivity index (χ1n) is 3.67. The maximum Gasteiger partial charge on any atom is 0.513 e. The Balaban J connectivity index is 2.81. The van der Waals surface area contributed by atoms with E-state index < -0.39 is 6.16 Å². The van der Waals surface area contributed by atoms with E-state index in [4.69, 9.17) is 4.74 Å². The van der Waals surface area contributed by atoms with Gasteiger partial charge >= 0.3 is 6.16 Å². The highest BCUT2D eigenvalue weighted by Crippen LogP contribution is 2.20. The number of carbonyl (C=O) groups is 1. The molecule has 70 valence electrons. The van der Waals surface area contributed by atoms with Crippen LogP contribution in [0.1, 0.15) is 5.56 Å². The SMILES string of the molecule is COC(=O)Oc1ccccc1CBr. The van der Waals surface area contributed by atoms with Crippen molar-refractivity contribution >= 4 is 22.1 Å². The number of benzene rings is 1. The van der Waals surface area contributed by atoms with Gasteiger partial charge in [0.25, 0.3) is 0 Å². The van der Waals surface area contributed by atoms with Crippen LogP contribution in [0.5, 0.6) is 5.75 Å². The summed E-state index contributed by atoms with van der Waals surface area (Å²) in [5.41, 5.74) is 0.910. The van der Waals surface area contributed by atoms with E-state index >= 15 is 0 Å². The summed E-state index contributed by atoms with van der Waals surface area (Å²) in [6.45, 7) is 0. The summed E-state index contributed by atoms with van der Waals surface area (Å²) < 4.78 is 9.27. The van der Waals surface area contributed by atoms with Crippen LogP contribution in [0.3, 0.4) is 0 Å². The Morgan fingerprint density at radius 2 is 2.15 bits per heavy atom. The lowest BCUT2D eigenvalue weighted by molar-refractivity contribution is 0.121. The van der Waals surface area contributed by atoms with Crippen LogP contribution < -0.4 is 4.74 Å². The van der Waals surface area contributed by atoms with E-state index in [1.807, 2.05) is 12.1 Å². The van der Waals surface area contributed by atoms with Crippen LogP contribution in [-0.4, -0.2) is 13.3 Å². The summed E-state index contributed by atoms with van der Waals surface area (Å²) in [6.07, 6.45) is -0.701. The molecular formula is C9H9BrO3. The van der Waals surface area contributed by atoms with Crippen molar-refractivity contribution in [2.24, 2.45) is 0 Å². The molecule has 0 bridgehead atoms. The van der Waals surface area contributed by atoms with Crippen LogP contribution >= 0.6 is 15.9 Å². The molecule has 0 aliphatic carbocycles. The molecule has 0 aromatic heterocycles. The quantitative estimate of drug-likeness (QED) is 0.456. The molecule has 0 radical (unpaired) electrons. The van der Waals surface area contributed by atoms with Gasteiger partial charge in [0.15, 0.2) is 0 Å². The third-order valence-electron chi connectivity index (χ3n) is 1.48. The number of hydrogen-bond acceptors (Lipinski definition) is 3. The minimum Gasteiger partial charge on any atom is -0.437 e. The summed E-state index contributed by atoms with van der Waals surface area (Å²) in [5.74, 6) is 0.520. The number of para-hydroxylation sites is 1. The Labute approximate surface area is 84.8 Å². The van der Waals surface area contributed by atoms with Gasteiger partial charge < -0.3 is 9.47 Å². The van der Waals surface area contributed by atoms with Crippen LogP contribution in [-0.2, 0) is 10.1 Å². The molecular weight excluding hydrogens is 236 g/mol. The minimum atomic E-state index is -0.701. The molecule has 0 amide bonds.